The molecule has 0 saturated carbocycles. The molecule has 0 aliphatic rings. The first kappa shape index (κ1) is 15.7. The number of carbonyl (C=O) groups is 2. The van der Waals surface area contributed by atoms with Crippen LogP contribution in [0.5, 0.6) is 0 Å². The highest BCUT2D eigenvalue weighted by atomic mass is 16.2. The first-order valence-electron chi connectivity index (χ1n) is 7.14. The molecule has 1 aromatic heterocycles. The quantitative estimate of drug-likeness (QED) is 0.826. The van der Waals surface area contributed by atoms with Crippen LogP contribution in [0, 0.1) is 0 Å². The predicted molar refractivity (Wildman–Crippen MR) is 84.3 cm³/mol. The highest BCUT2D eigenvalue weighted by Gasteiger charge is 2.12. The third-order valence-corrected chi connectivity index (χ3v) is 3.33. The van der Waals surface area contributed by atoms with E-state index in [1.54, 1.807) is 29.1 Å². The zero-order valence-electron chi connectivity index (χ0n) is 12.7. The summed E-state index contributed by atoms with van der Waals surface area (Å²) in [4.78, 5) is 23.2. The van der Waals surface area contributed by atoms with Crippen molar-refractivity contribution in [1.29, 1.82) is 0 Å². The highest BCUT2D eigenvalue weighted by Crippen LogP contribution is 2.16. The molecule has 0 aliphatic heterocycles. The molecule has 0 atom stereocenters. The Morgan fingerprint density at radius 3 is 2.45 bits per heavy atom. The van der Waals surface area contributed by atoms with Crippen LogP contribution in [-0.2, 0) is 11.3 Å². The van der Waals surface area contributed by atoms with Crippen LogP contribution >= 0.6 is 0 Å². The van der Waals surface area contributed by atoms with Crippen molar-refractivity contribution in [1.82, 2.24) is 0 Å². The average molecular weight is 298 g/mol. The van der Waals surface area contributed by atoms with Crippen LogP contribution in [0.25, 0.3) is 0 Å². The maximum Gasteiger partial charge on any atom is 0.290 e. The first-order chi connectivity index (χ1) is 10.5. The number of anilines is 1. The molecule has 5 heteroatoms. The number of carbonyl (C=O) groups excluding carboxylic acids is 2. The average Bonchev–Trinajstić information content (AvgIpc) is 2.47. The number of aromatic nitrogens is 1. The molecule has 1 aromatic carbocycles. The summed E-state index contributed by atoms with van der Waals surface area (Å²) in [6.45, 7) is 4.36. The van der Waals surface area contributed by atoms with Gasteiger partial charge in [0.1, 0.15) is 5.56 Å². The molecule has 0 spiro atoms. The minimum atomic E-state index is -0.515. The van der Waals surface area contributed by atoms with Gasteiger partial charge in [0.05, 0.1) is 0 Å². The molecule has 2 aromatic rings. The van der Waals surface area contributed by atoms with Crippen molar-refractivity contribution in [3.63, 3.8) is 0 Å². The third kappa shape index (κ3) is 4.15. The summed E-state index contributed by atoms with van der Waals surface area (Å²) < 4.78 is 1.62. The van der Waals surface area contributed by atoms with E-state index in [0.717, 1.165) is 5.69 Å². The zero-order valence-corrected chi connectivity index (χ0v) is 12.7. The Labute approximate surface area is 129 Å². The normalized spacial score (nSPS) is 10.5. The lowest BCUT2D eigenvalue weighted by Crippen LogP contribution is -2.40. The maximum atomic E-state index is 12.0. The van der Waals surface area contributed by atoms with E-state index in [0.29, 0.717) is 11.5 Å². The van der Waals surface area contributed by atoms with Gasteiger partial charge < -0.3 is 11.1 Å². The molecule has 0 fully saturated rings. The van der Waals surface area contributed by atoms with Gasteiger partial charge in [-0.3, -0.25) is 9.59 Å². The van der Waals surface area contributed by atoms with Gasteiger partial charge in [-0.05, 0) is 29.7 Å². The van der Waals surface area contributed by atoms with Gasteiger partial charge in [0.2, 0.25) is 6.54 Å². The zero-order chi connectivity index (χ0) is 16.1. The molecule has 2 rings (SSSR count). The van der Waals surface area contributed by atoms with Crippen LogP contribution in [0.2, 0.25) is 0 Å². The first-order valence-corrected chi connectivity index (χ1v) is 7.14. The lowest BCUT2D eigenvalue weighted by atomic mass is 10.0. The van der Waals surface area contributed by atoms with Gasteiger partial charge in [-0.15, -0.1) is 0 Å². The number of benzene rings is 1. The minimum Gasteiger partial charge on any atom is -0.365 e. The molecule has 0 saturated heterocycles. The molecule has 0 bridgehead atoms. The lowest BCUT2D eigenvalue weighted by molar-refractivity contribution is -0.684. The number of nitrogens with one attached hydrogen (secondary N) is 1. The number of hydrogen-bond donors (Lipinski definition) is 2. The van der Waals surface area contributed by atoms with Crippen molar-refractivity contribution < 1.29 is 14.2 Å². The summed E-state index contributed by atoms with van der Waals surface area (Å²) in [5.41, 5.74) is 7.57. The SMILES string of the molecule is CC(C)c1ccc(NC(=O)C[n+]2cccc(C(N)=O)c2)cc1. The Hall–Kier alpha value is -2.69. The summed E-state index contributed by atoms with van der Waals surface area (Å²) in [6.07, 6.45) is 3.28. The van der Waals surface area contributed by atoms with Gasteiger partial charge in [0, 0.05) is 11.8 Å². The number of nitrogens with two attached hydrogens (primary N) is 1. The molecule has 5 nitrogen and oxygen atoms in total. The molecule has 0 radical (unpaired) electrons. The van der Waals surface area contributed by atoms with Gasteiger partial charge in [0.15, 0.2) is 12.4 Å². The van der Waals surface area contributed by atoms with Gasteiger partial charge >= 0.3 is 0 Å². The Balaban J connectivity index is 2.00. The molecule has 0 aliphatic carbocycles. The topological polar surface area (TPSA) is 76.1 Å². The van der Waals surface area contributed by atoms with Gasteiger partial charge in [-0.1, -0.05) is 26.0 Å². The Kier molecular flexibility index (Phi) is 4.88. The van der Waals surface area contributed by atoms with Crippen LogP contribution < -0.4 is 15.6 Å². The summed E-state index contributed by atoms with van der Waals surface area (Å²) in [7, 11) is 0. The molecular weight excluding hydrogens is 278 g/mol. The number of pyridine rings is 1. The predicted octanol–water partition coefficient (Wildman–Crippen LogP) is 1.84. The van der Waals surface area contributed by atoms with Crippen molar-refractivity contribution in [2.24, 2.45) is 5.73 Å². The second-order valence-corrected chi connectivity index (χ2v) is 5.45. The van der Waals surface area contributed by atoms with E-state index in [1.807, 2.05) is 24.3 Å². The van der Waals surface area contributed by atoms with Crippen LogP contribution in [0.4, 0.5) is 5.69 Å². The number of amides is 2. The summed E-state index contributed by atoms with van der Waals surface area (Å²) in [5, 5.41) is 2.83. The third-order valence-electron chi connectivity index (χ3n) is 3.33. The monoisotopic (exact) mass is 298 g/mol. The van der Waals surface area contributed by atoms with Crippen molar-refractivity contribution in [2.75, 3.05) is 5.32 Å². The van der Waals surface area contributed by atoms with E-state index in [9.17, 15) is 9.59 Å². The van der Waals surface area contributed by atoms with E-state index >= 15 is 0 Å². The standard InChI is InChI=1S/C17H19N3O2/c1-12(2)13-5-7-15(8-6-13)19-16(21)11-20-9-3-4-14(10-20)17(18)22/h3-10,12H,11H2,1-2H3,(H2-,18,19,21,22)/p+1. The van der Waals surface area contributed by atoms with E-state index in [4.69, 9.17) is 5.73 Å². The Bertz CT molecular complexity index is 679. The van der Waals surface area contributed by atoms with Crippen molar-refractivity contribution in [3.05, 3.63) is 59.9 Å². The van der Waals surface area contributed by atoms with Gasteiger partial charge in [-0.25, -0.2) is 0 Å². The number of rotatable bonds is 5. The summed E-state index contributed by atoms with van der Waals surface area (Å²) >= 11 is 0. The van der Waals surface area contributed by atoms with Crippen molar-refractivity contribution in [3.8, 4) is 0 Å². The van der Waals surface area contributed by atoms with Gasteiger partial charge in [-0.2, -0.15) is 4.57 Å². The second kappa shape index (κ2) is 6.85. The fraction of sp³-hybridized carbons (Fsp3) is 0.235. The van der Waals surface area contributed by atoms with Gasteiger partial charge in [0.25, 0.3) is 11.8 Å². The Morgan fingerprint density at radius 2 is 1.86 bits per heavy atom. The van der Waals surface area contributed by atoms with E-state index in [1.165, 1.54) is 5.56 Å². The van der Waals surface area contributed by atoms with Crippen molar-refractivity contribution in [2.45, 2.75) is 26.3 Å². The highest BCUT2D eigenvalue weighted by molar-refractivity contribution is 5.92. The Morgan fingerprint density at radius 1 is 1.18 bits per heavy atom. The van der Waals surface area contributed by atoms with Crippen LogP contribution in [0.3, 0.4) is 0 Å². The molecular formula is C17H20N3O2+. The number of primary amides is 1. The largest absolute Gasteiger partial charge is 0.365 e. The number of hydrogen-bond acceptors (Lipinski definition) is 2. The van der Waals surface area contributed by atoms with E-state index in [-0.39, 0.29) is 12.5 Å². The number of nitrogens with zero attached hydrogens (tertiary/aromatic N) is 1. The second-order valence-electron chi connectivity index (χ2n) is 5.45. The molecule has 1 heterocycles. The smallest absolute Gasteiger partial charge is 0.290 e. The minimum absolute atomic E-state index is 0.118. The van der Waals surface area contributed by atoms with Crippen LogP contribution in [0.1, 0.15) is 35.7 Å². The fourth-order valence-electron chi connectivity index (χ4n) is 2.08. The molecule has 0 unspecified atom stereocenters. The van der Waals surface area contributed by atoms with E-state index < -0.39 is 5.91 Å². The molecule has 2 amide bonds. The lowest BCUT2D eigenvalue weighted by Gasteiger charge is -2.07. The molecule has 114 valence electrons. The maximum absolute atomic E-state index is 12.0. The summed E-state index contributed by atoms with van der Waals surface area (Å²) in [6, 6.07) is 11.1. The molecule has 3 N–H and O–H groups in total. The fourth-order valence-corrected chi connectivity index (χ4v) is 2.08. The molecule has 22 heavy (non-hydrogen) atoms. The van der Waals surface area contributed by atoms with Crippen LogP contribution in [-0.4, -0.2) is 11.8 Å². The summed E-state index contributed by atoms with van der Waals surface area (Å²) in [5.74, 6) is -0.222. The van der Waals surface area contributed by atoms with Crippen molar-refractivity contribution >= 4 is 17.5 Å². The van der Waals surface area contributed by atoms with E-state index in [2.05, 4.69) is 19.2 Å². The van der Waals surface area contributed by atoms with Crippen LogP contribution in [0.15, 0.2) is 48.8 Å².